The summed E-state index contributed by atoms with van der Waals surface area (Å²) in [6.07, 6.45) is 1.03. The lowest BCUT2D eigenvalue weighted by molar-refractivity contribution is -0.121. The standard InChI is InChI=1S/C7H15N3O/c1-8-6-10(2)7(5-11)3-9-4-7/h5,8-9H,3-4,6H2,1-2H3. The van der Waals surface area contributed by atoms with Crippen molar-refractivity contribution in [2.24, 2.45) is 0 Å². The highest BCUT2D eigenvalue weighted by Gasteiger charge is 2.40. The lowest BCUT2D eigenvalue weighted by atomic mass is 9.93. The van der Waals surface area contributed by atoms with Crippen LogP contribution in [-0.2, 0) is 4.79 Å². The van der Waals surface area contributed by atoms with Crippen LogP contribution in [0, 0.1) is 0 Å². The third kappa shape index (κ3) is 1.42. The average molecular weight is 157 g/mol. The van der Waals surface area contributed by atoms with Crippen LogP contribution in [0.4, 0.5) is 0 Å². The molecule has 11 heavy (non-hydrogen) atoms. The first-order chi connectivity index (χ1) is 5.25. The van der Waals surface area contributed by atoms with Gasteiger partial charge in [-0.15, -0.1) is 0 Å². The highest BCUT2D eigenvalue weighted by Crippen LogP contribution is 2.14. The summed E-state index contributed by atoms with van der Waals surface area (Å²) in [5.41, 5.74) is -0.247. The first-order valence-electron chi connectivity index (χ1n) is 3.78. The lowest BCUT2D eigenvalue weighted by Gasteiger charge is -2.44. The molecule has 2 N–H and O–H groups in total. The number of carbonyl (C=O) groups excluding carboxylic acids is 1. The van der Waals surface area contributed by atoms with Crippen molar-refractivity contribution in [2.45, 2.75) is 5.54 Å². The van der Waals surface area contributed by atoms with E-state index in [0.717, 1.165) is 26.0 Å². The van der Waals surface area contributed by atoms with Gasteiger partial charge in [0.15, 0.2) is 0 Å². The van der Waals surface area contributed by atoms with E-state index in [4.69, 9.17) is 0 Å². The van der Waals surface area contributed by atoms with Crippen molar-refractivity contribution in [3.63, 3.8) is 0 Å². The summed E-state index contributed by atoms with van der Waals surface area (Å²) >= 11 is 0. The summed E-state index contributed by atoms with van der Waals surface area (Å²) in [5.74, 6) is 0. The fourth-order valence-corrected chi connectivity index (χ4v) is 1.22. The van der Waals surface area contributed by atoms with E-state index in [1.54, 1.807) is 0 Å². The van der Waals surface area contributed by atoms with E-state index < -0.39 is 0 Å². The molecule has 0 unspecified atom stereocenters. The van der Waals surface area contributed by atoms with Crippen molar-refractivity contribution in [1.29, 1.82) is 0 Å². The SMILES string of the molecule is CNCN(C)C1(C=O)CNC1. The van der Waals surface area contributed by atoms with Gasteiger partial charge in [-0.1, -0.05) is 0 Å². The summed E-state index contributed by atoms with van der Waals surface area (Å²) in [6.45, 7) is 2.30. The maximum atomic E-state index is 10.7. The third-order valence-electron chi connectivity index (χ3n) is 2.24. The minimum Gasteiger partial charge on any atom is -0.312 e. The molecule has 0 radical (unpaired) electrons. The summed E-state index contributed by atoms with van der Waals surface area (Å²) in [7, 11) is 3.83. The van der Waals surface area contributed by atoms with Crippen molar-refractivity contribution in [3.05, 3.63) is 0 Å². The topological polar surface area (TPSA) is 44.4 Å². The van der Waals surface area contributed by atoms with Gasteiger partial charge in [-0.3, -0.25) is 4.90 Å². The Bertz CT molecular complexity index is 145. The second-order valence-electron chi connectivity index (χ2n) is 3.03. The van der Waals surface area contributed by atoms with Crippen molar-refractivity contribution in [1.82, 2.24) is 15.5 Å². The molecule has 1 rings (SSSR count). The molecule has 4 heteroatoms. The third-order valence-corrected chi connectivity index (χ3v) is 2.24. The lowest BCUT2D eigenvalue weighted by Crippen LogP contribution is -2.69. The molecule has 0 saturated carbocycles. The largest absolute Gasteiger partial charge is 0.312 e. The van der Waals surface area contributed by atoms with Gasteiger partial charge in [-0.25, -0.2) is 0 Å². The van der Waals surface area contributed by atoms with Gasteiger partial charge in [0, 0.05) is 19.8 Å². The smallest absolute Gasteiger partial charge is 0.142 e. The van der Waals surface area contributed by atoms with Crippen molar-refractivity contribution < 1.29 is 4.79 Å². The van der Waals surface area contributed by atoms with Gasteiger partial charge in [0.1, 0.15) is 11.8 Å². The second kappa shape index (κ2) is 3.30. The van der Waals surface area contributed by atoms with Gasteiger partial charge in [-0.2, -0.15) is 0 Å². The average Bonchev–Trinajstić information content (AvgIpc) is 1.87. The zero-order chi connectivity index (χ0) is 8.32. The van der Waals surface area contributed by atoms with Gasteiger partial charge in [-0.05, 0) is 14.1 Å². The molecule has 0 aromatic rings. The first kappa shape index (κ1) is 8.64. The Kier molecular flexibility index (Phi) is 2.59. The van der Waals surface area contributed by atoms with E-state index in [9.17, 15) is 4.79 Å². The zero-order valence-corrected chi connectivity index (χ0v) is 7.05. The Hall–Kier alpha value is -0.450. The van der Waals surface area contributed by atoms with Crippen LogP contribution < -0.4 is 10.6 Å². The second-order valence-corrected chi connectivity index (χ2v) is 3.03. The number of nitrogens with one attached hydrogen (secondary N) is 2. The highest BCUT2D eigenvalue weighted by atomic mass is 16.1. The number of rotatable bonds is 4. The quantitative estimate of drug-likeness (QED) is 0.390. The molecule has 0 amide bonds. The van der Waals surface area contributed by atoms with Gasteiger partial charge >= 0.3 is 0 Å². The molecular weight excluding hydrogens is 142 g/mol. The minimum atomic E-state index is -0.247. The molecule has 64 valence electrons. The van der Waals surface area contributed by atoms with E-state index in [2.05, 4.69) is 10.6 Å². The number of nitrogens with zero attached hydrogens (tertiary/aromatic N) is 1. The van der Waals surface area contributed by atoms with E-state index in [1.165, 1.54) is 0 Å². The number of likely N-dealkylation sites (N-methyl/N-ethyl adjacent to an activating group) is 1. The van der Waals surface area contributed by atoms with Gasteiger partial charge in [0.05, 0.1) is 0 Å². The number of carbonyl (C=O) groups is 1. The van der Waals surface area contributed by atoms with Crippen LogP contribution >= 0.6 is 0 Å². The molecule has 1 aliphatic heterocycles. The van der Waals surface area contributed by atoms with E-state index >= 15 is 0 Å². The van der Waals surface area contributed by atoms with Crippen LogP contribution in [0.2, 0.25) is 0 Å². The zero-order valence-electron chi connectivity index (χ0n) is 7.05. The maximum absolute atomic E-state index is 10.7. The van der Waals surface area contributed by atoms with Crippen LogP contribution in [0.15, 0.2) is 0 Å². The molecule has 1 heterocycles. The molecule has 4 nitrogen and oxygen atoms in total. The van der Waals surface area contributed by atoms with Crippen LogP contribution in [0.3, 0.4) is 0 Å². The predicted molar refractivity (Wildman–Crippen MR) is 43.4 cm³/mol. The van der Waals surface area contributed by atoms with Crippen LogP contribution in [0.1, 0.15) is 0 Å². The molecule has 0 aromatic heterocycles. The maximum Gasteiger partial charge on any atom is 0.142 e. The van der Waals surface area contributed by atoms with Crippen LogP contribution in [0.5, 0.6) is 0 Å². The van der Waals surface area contributed by atoms with Crippen molar-refractivity contribution >= 4 is 6.29 Å². The van der Waals surface area contributed by atoms with Gasteiger partial charge in [0.2, 0.25) is 0 Å². The number of hydrogen-bond acceptors (Lipinski definition) is 4. The molecule has 0 aromatic carbocycles. The molecule has 1 saturated heterocycles. The van der Waals surface area contributed by atoms with Gasteiger partial charge < -0.3 is 15.4 Å². The van der Waals surface area contributed by atoms with E-state index in [-0.39, 0.29) is 5.54 Å². The Morgan fingerprint density at radius 3 is 2.64 bits per heavy atom. The summed E-state index contributed by atoms with van der Waals surface area (Å²) in [6, 6.07) is 0. The Morgan fingerprint density at radius 1 is 1.73 bits per heavy atom. The molecule has 0 aliphatic carbocycles. The molecule has 0 bridgehead atoms. The van der Waals surface area contributed by atoms with E-state index in [1.807, 2.05) is 19.0 Å². The van der Waals surface area contributed by atoms with Crippen LogP contribution in [0.25, 0.3) is 0 Å². The summed E-state index contributed by atoms with van der Waals surface area (Å²) in [4.78, 5) is 12.7. The Balaban J connectivity index is 2.47. The van der Waals surface area contributed by atoms with Crippen LogP contribution in [-0.4, -0.2) is 50.6 Å². The number of aldehydes is 1. The molecule has 1 fully saturated rings. The highest BCUT2D eigenvalue weighted by molar-refractivity contribution is 5.67. The van der Waals surface area contributed by atoms with Crippen molar-refractivity contribution in [2.75, 3.05) is 33.9 Å². The fourth-order valence-electron chi connectivity index (χ4n) is 1.22. The normalized spacial score (nSPS) is 21.4. The summed E-state index contributed by atoms with van der Waals surface area (Å²) < 4.78 is 0. The first-order valence-corrected chi connectivity index (χ1v) is 3.78. The molecular formula is C7H15N3O. The fraction of sp³-hybridized carbons (Fsp3) is 0.857. The monoisotopic (exact) mass is 157 g/mol. The van der Waals surface area contributed by atoms with Gasteiger partial charge in [0.25, 0.3) is 0 Å². The van der Waals surface area contributed by atoms with E-state index in [0.29, 0.717) is 0 Å². The van der Waals surface area contributed by atoms with Crippen molar-refractivity contribution in [3.8, 4) is 0 Å². The Morgan fingerprint density at radius 2 is 2.36 bits per heavy atom. The predicted octanol–water partition coefficient (Wildman–Crippen LogP) is -1.36. The summed E-state index contributed by atoms with van der Waals surface area (Å²) in [5, 5.41) is 6.11. The molecule has 0 spiro atoms. The minimum absolute atomic E-state index is 0.247. The molecule has 0 atom stereocenters. The molecule has 1 aliphatic rings. The number of hydrogen-bond donors (Lipinski definition) is 2. The Labute approximate surface area is 66.9 Å².